The molecule has 0 radical (unpaired) electrons. The van der Waals surface area contributed by atoms with Crippen molar-refractivity contribution in [1.82, 2.24) is 15.1 Å². The van der Waals surface area contributed by atoms with E-state index in [-0.39, 0.29) is 5.91 Å². The number of aromatic nitrogens is 2. The maximum Gasteiger partial charge on any atom is 0.255 e. The number of nitrogens with one attached hydrogen (secondary N) is 2. The zero-order valence-electron chi connectivity index (χ0n) is 15.2. The summed E-state index contributed by atoms with van der Waals surface area (Å²) in [5, 5.41) is 11.2. The molecule has 0 aliphatic rings. The van der Waals surface area contributed by atoms with E-state index in [2.05, 4.69) is 20.4 Å². The first-order chi connectivity index (χ1) is 13.1. The highest BCUT2D eigenvalue weighted by Gasteiger charge is 2.12. The Bertz CT molecular complexity index is 1060. The van der Waals surface area contributed by atoms with Crippen LogP contribution in [0.3, 0.4) is 0 Å². The van der Waals surface area contributed by atoms with Crippen molar-refractivity contribution in [1.29, 1.82) is 0 Å². The summed E-state index contributed by atoms with van der Waals surface area (Å²) >= 11 is 0. The topological polar surface area (TPSA) is 74.2 Å². The van der Waals surface area contributed by atoms with Crippen LogP contribution in [0.25, 0.3) is 22.2 Å². The fourth-order valence-electron chi connectivity index (χ4n) is 3.04. The van der Waals surface area contributed by atoms with E-state index in [1.54, 1.807) is 12.5 Å². The van der Waals surface area contributed by atoms with Gasteiger partial charge in [-0.2, -0.15) is 5.10 Å². The summed E-state index contributed by atoms with van der Waals surface area (Å²) in [4.78, 5) is 14.7. The number of nitrogens with zero attached hydrogens (tertiary/aromatic N) is 2. The monoisotopic (exact) mass is 360 g/mol. The summed E-state index contributed by atoms with van der Waals surface area (Å²) in [6, 6.07) is 15.2. The Labute approximate surface area is 156 Å². The lowest BCUT2D eigenvalue weighted by molar-refractivity contribution is 0.102. The number of fused-ring (bicyclic) bond motifs is 1. The van der Waals surface area contributed by atoms with Crippen LogP contribution in [0.15, 0.2) is 65.5 Å². The number of hydrogen-bond acceptors (Lipinski definition) is 4. The molecule has 0 saturated carbocycles. The Morgan fingerprint density at radius 1 is 1.15 bits per heavy atom. The molecule has 136 valence electrons. The van der Waals surface area contributed by atoms with Crippen molar-refractivity contribution in [3.63, 3.8) is 0 Å². The van der Waals surface area contributed by atoms with Crippen molar-refractivity contribution in [2.24, 2.45) is 0 Å². The molecule has 4 rings (SSSR count). The second kappa shape index (κ2) is 7.09. The fraction of sp³-hybridized carbons (Fsp3) is 0.143. The third kappa shape index (κ3) is 3.61. The predicted molar refractivity (Wildman–Crippen MR) is 106 cm³/mol. The van der Waals surface area contributed by atoms with Gasteiger partial charge in [0.25, 0.3) is 5.91 Å². The first-order valence-corrected chi connectivity index (χ1v) is 8.66. The number of furan rings is 1. The minimum absolute atomic E-state index is 0.140. The van der Waals surface area contributed by atoms with Gasteiger partial charge in [-0.15, -0.1) is 0 Å². The van der Waals surface area contributed by atoms with Gasteiger partial charge in [-0.25, -0.2) is 0 Å². The van der Waals surface area contributed by atoms with Gasteiger partial charge >= 0.3 is 0 Å². The molecule has 2 heterocycles. The molecule has 2 N–H and O–H groups in total. The van der Waals surface area contributed by atoms with E-state index in [0.29, 0.717) is 5.56 Å². The van der Waals surface area contributed by atoms with Gasteiger partial charge in [0.05, 0.1) is 18.0 Å². The molecular weight excluding hydrogens is 340 g/mol. The lowest BCUT2D eigenvalue weighted by Gasteiger charge is -2.10. The van der Waals surface area contributed by atoms with E-state index < -0.39 is 0 Å². The largest absolute Gasteiger partial charge is 0.472 e. The number of rotatable bonds is 5. The third-order valence-electron chi connectivity index (χ3n) is 4.33. The summed E-state index contributed by atoms with van der Waals surface area (Å²) < 4.78 is 5.15. The molecule has 0 aliphatic carbocycles. The second-order valence-electron chi connectivity index (χ2n) is 6.73. The number of H-pyrrole nitrogens is 1. The van der Waals surface area contributed by atoms with Crippen molar-refractivity contribution in [3.05, 3.63) is 72.2 Å². The molecule has 0 spiro atoms. The number of benzene rings is 2. The average molecular weight is 360 g/mol. The van der Waals surface area contributed by atoms with Gasteiger partial charge < -0.3 is 14.6 Å². The summed E-state index contributed by atoms with van der Waals surface area (Å²) in [6.07, 6.45) is 3.26. The molecule has 6 heteroatoms. The molecule has 0 unspecified atom stereocenters. The van der Waals surface area contributed by atoms with Crippen LogP contribution in [0.5, 0.6) is 0 Å². The molecule has 2 aromatic carbocycles. The lowest BCUT2D eigenvalue weighted by Crippen LogP contribution is -2.13. The maximum atomic E-state index is 12.6. The molecule has 0 atom stereocenters. The molecule has 0 aliphatic heterocycles. The molecule has 4 aromatic rings. The van der Waals surface area contributed by atoms with E-state index in [1.807, 2.05) is 62.6 Å². The zero-order chi connectivity index (χ0) is 18.8. The average Bonchev–Trinajstić information content (AvgIpc) is 3.30. The number of anilines is 1. The summed E-state index contributed by atoms with van der Waals surface area (Å²) in [5.74, 6) is -0.140. The molecule has 6 nitrogen and oxygen atoms in total. The first kappa shape index (κ1) is 17.1. The highest BCUT2D eigenvalue weighted by molar-refractivity contribution is 6.05. The Balaban J connectivity index is 1.56. The molecular formula is C21H20N4O2. The summed E-state index contributed by atoms with van der Waals surface area (Å²) in [6.45, 7) is 0.843. The Morgan fingerprint density at radius 2 is 1.96 bits per heavy atom. The normalized spacial score (nSPS) is 11.2. The van der Waals surface area contributed by atoms with Crippen LogP contribution in [-0.4, -0.2) is 35.1 Å². The third-order valence-corrected chi connectivity index (χ3v) is 4.33. The van der Waals surface area contributed by atoms with Gasteiger partial charge in [0, 0.05) is 28.7 Å². The highest BCUT2D eigenvalue weighted by atomic mass is 16.3. The van der Waals surface area contributed by atoms with Crippen LogP contribution in [0.2, 0.25) is 0 Å². The van der Waals surface area contributed by atoms with Crippen LogP contribution >= 0.6 is 0 Å². The fourth-order valence-corrected chi connectivity index (χ4v) is 3.04. The van der Waals surface area contributed by atoms with Gasteiger partial charge in [-0.1, -0.05) is 12.1 Å². The number of amides is 1. The zero-order valence-corrected chi connectivity index (χ0v) is 15.2. The van der Waals surface area contributed by atoms with E-state index in [9.17, 15) is 4.79 Å². The van der Waals surface area contributed by atoms with E-state index >= 15 is 0 Å². The minimum atomic E-state index is -0.140. The molecule has 1 amide bonds. The lowest BCUT2D eigenvalue weighted by atomic mass is 10.1. The van der Waals surface area contributed by atoms with E-state index in [4.69, 9.17) is 4.42 Å². The molecule has 2 aromatic heterocycles. The maximum absolute atomic E-state index is 12.6. The Morgan fingerprint density at radius 3 is 2.67 bits per heavy atom. The van der Waals surface area contributed by atoms with Crippen LogP contribution in [0, 0.1) is 0 Å². The molecule has 0 bridgehead atoms. The molecule has 0 fully saturated rings. The first-order valence-electron chi connectivity index (χ1n) is 8.66. The summed E-state index contributed by atoms with van der Waals surface area (Å²) in [7, 11) is 4.04. The minimum Gasteiger partial charge on any atom is -0.472 e. The van der Waals surface area contributed by atoms with Gasteiger partial charge in [-0.3, -0.25) is 9.89 Å². The van der Waals surface area contributed by atoms with Crippen LogP contribution in [-0.2, 0) is 6.54 Å². The highest BCUT2D eigenvalue weighted by Crippen LogP contribution is 2.28. The van der Waals surface area contributed by atoms with Crippen LogP contribution in [0.4, 0.5) is 5.69 Å². The van der Waals surface area contributed by atoms with Crippen molar-refractivity contribution >= 4 is 22.5 Å². The van der Waals surface area contributed by atoms with Crippen LogP contribution in [0.1, 0.15) is 15.9 Å². The number of carbonyl (C=O) groups excluding carboxylic acids is 1. The van der Waals surface area contributed by atoms with E-state index in [1.165, 1.54) is 5.56 Å². The van der Waals surface area contributed by atoms with Crippen molar-refractivity contribution in [2.45, 2.75) is 6.54 Å². The summed E-state index contributed by atoms with van der Waals surface area (Å²) in [5.41, 5.74) is 5.10. The number of aromatic amines is 1. The molecule has 27 heavy (non-hydrogen) atoms. The van der Waals surface area contributed by atoms with Gasteiger partial charge in [0.15, 0.2) is 0 Å². The SMILES string of the molecule is CN(C)Cc1ccc(C(=O)Nc2ccc3[nH]nc(-c4ccoc4)c3c2)cc1. The second-order valence-corrected chi connectivity index (χ2v) is 6.73. The van der Waals surface area contributed by atoms with Crippen molar-refractivity contribution in [2.75, 3.05) is 19.4 Å². The smallest absolute Gasteiger partial charge is 0.255 e. The van der Waals surface area contributed by atoms with Gasteiger partial charge in [-0.05, 0) is 56.1 Å². The van der Waals surface area contributed by atoms with Gasteiger partial charge in [0.1, 0.15) is 5.69 Å². The molecule has 0 saturated heterocycles. The number of hydrogen-bond donors (Lipinski definition) is 2. The quantitative estimate of drug-likeness (QED) is 0.561. The Hall–Kier alpha value is -3.38. The number of carbonyl (C=O) groups is 1. The van der Waals surface area contributed by atoms with Crippen LogP contribution < -0.4 is 5.32 Å². The van der Waals surface area contributed by atoms with E-state index in [0.717, 1.165) is 34.4 Å². The Kier molecular flexibility index (Phi) is 4.48. The predicted octanol–water partition coefficient (Wildman–Crippen LogP) is 4.14. The van der Waals surface area contributed by atoms with Gasteiger partial charge in [0.2, 0.25) is 0 Å². The van der Waals surface area contributed by atoms with Crippen molar-refractivity contribution < 1.29 is 9.21 Å². The van der Waals surface area contributed by atoms with Crippen molar-refractivity contribution in [3.8, 4) is 11.3 Å². The standard InChI is InChI=1S/C21H20N4O2/c1-25(2)12-14-3-5-15(6-4-14)21(26)22-17-7-8-19-18(11-17)20(24-23-19)16-9-10-27-13-16/h3-11,13H,12H2,1-2H3,(H,22,26)(H,23,24).